The number of hydrogen-bond acceptors (Lipinski definition) is 4. The van der Waals surface area contributed by atoms with Crippen molar-refractivity contribution in [3.63, 3.8) is 0 Å². The fraction of sp³-hybridized carbons (Fsp3) is 0.400. The lowest BCUT2D eigenvalue weighted by atomic mass is 10.2. The zero-order chi connectivity index (χ0) is 15.7. The second-order valence-electron chi connectivity index (χ2n) is 5.54. The van der Waals surface area contributed by atoms with Crippen LogP contribution in [0.4, 0.5) is 0 Å². The predicted molar refractivity (Wildman–Crippen MR) is 84.1 cm³/mol. The van der Waals surface area contributed by atoms with Gasteiger partial charge in [0.25, 0.3) is 10.7 Å². The number of rotatable bonds is 4. The van der Waals surface area contributed by atoms with Crippen molar-refractivity contribution in [1.29, 1.82) is 0 Å². The minimum Gasteiger partial charge on any atom is -0.429 e. The van der Waals surface area contributed by atoms with Crippen LogP contribution in [0.2, 0.25) is 0 Å². The zero-order valence-electron chi connectivity index (χ0n) is 12.2. The number of amides is 2. The zero-order valence-corrected chi connectivity index (χ0v) is 13.0. The first-order chi connectivity index (χ1) is 10.5. The Kier molecular flexibility index (Phi) is 3.98. The average Bonchev–Trinajstić information content (AvgIpc) is 3.03. The van der Waals surface area contributed by atoms with Crippen molar-refractivity contribution in [3.05, 3.63) is 28.6 Å². The van der Waals surface area contributed by atoms with Gasteiger partial charge in [-0.25, -0.2) is 0 Å². The first-order valence-electron chi connectivity index (χ1n) is 7.24. The highest BCUT2D eigenvalue weighted by Crippen LogP contribution is 2.16. The van der Waals surface area contributed by atoms with Crippen molar-refractivity contribution in [2.75, 3.05) is 13.1 Å². The molecule has 0 aliphatic carbocycles. The quantitative estimate of drug-likeness (QED) is 0.847. The van der Waals surface area contributed by atoms with Gasteiger partial charge in [-0.3, -0.25) is 9.59 Å². The third kappa shape index (κ3) is 3.04. The van der Waals surface area contributed by atoms with E-state index in [1.807, 2.05) is 6.92 Å². The average molecular weight is 319 g/mol. The standard InChI is InChI=1S/C15H17N3O3S/c1-9(8-18-6-2-3-13(18)19)16-14(20)10-4-5-11-12(7-10)21-15(22)17-11/h4-5,7,9H,2-3,6,8H2,1H3,(H,16,20)(H,17,22)/t9-/m1/s1. The van der Waals surface area contributed by atoms with Gasteiger partial charge >= 0.3 is 0 Å². The largest absolute Gasteiger partial charge is 0.429 e. The Balaban J connectivity index is 1.66. The SMILES string of the molecule is C[C@H](CN1CCCC1=O)NC(=O)c1ccc2[nH]c(=S)oc2c1. The summed E-state index contributed by atoms with van der Waals surface area (Å²) < 4.78 is 5.31. The van der Waals surface area contributed by atoms with Gasteiger partial charge < -0.3 is 19.6 Å². The van der Waals surface area contributed by atoms with Crippen LogP contribution in [0.3, 0.4) is 0 Å². The van der Waals surface area contributed by atoms with E-state index in [0.717, 1.165) is 18.5 Å². The number of benzene rings is 1. The first-order valence-corrected chi connectivity index (χ1v) is 7.65. The molecule has 3 rings (SSSR count). The van der Waals surface area contributed by atoms with E-state index in [0.29, 0.717) is 24.1 Å². The van der Waals surface area contributed by atoms with Crippen LogP contribution in [0.15, 0.2) is 22.6 Å². The van der Waals surface area contributed by atoms with Gasteiger partial charge in [0.05, 0.1) is 5.52 Å². The van der Waals surface area contributed by atoms with Gasteiger partial charge in [-0.2, -0.15) is 0 Å². The Labute approximate surface area is 132 Å². The maximum Gasteiger partial charge on any atom is 0.266 e. The summed E-state index contributed by atoms with van der Waals surface area (Å²) in [5.41, 5.74) is 1.82. The van der Waals surface area contributed by atoms with Crippen LogP contribution in [0.5, 0.6) is 0 Å². The number of nitrogens with zero attached hydrogens (tertiary/aromatic N) is 1. The Morgan fingerprint density at radius 2 is 2.36 bits per heavy atom. The van der Waals surface area contributed by atoms with Crippen LogP contribution in [0.1, 0.15) is 30.1 Å². The van der Waals surface area contributed by atoms with Crippen LogP contribution >= 0.6 is 12.2 Å². The fourth-order valence-corrected chi connectivity index (χ4v) is 2.87. The third-order valence-electron chi connectivity index (χ3n) is 3.73. The summed E-state index contributed by atoms with van der Waals surface area (Å²) in [5.74, 6) is -0.0324. The van der Waals surface area contributed by atoms with Crippen LogP contribution < -0.4 is 5.32 Å². The van der Waals surface area contributed by atoms with E-state index in [4.69, 9.17) is 16.6 Å². The van der Waals surface area contributed by atoms with Gasteiger partial charge in [0.15, 0.2) is 5.58 Å². The number of carbonyl (C=O) groups excluding carboxylic acids is 2. The van der Waals surface area contributed by atoms with Crippen LogP contribution in [-0.4, -0.2) is 40.8 Å². The summed E-state index contributed by atoms with van der Waals surface area (Å²) in [6, 6.07) is 5.03. The molecule has 22 heavy (non-hydrogen) atoms. The van der Waals surface area contributed by atoms with E-state index in [2.05, 4.69) is 10.3 Å². The molecule has 1 aliphatic rings. The highest BCUT2D eigenvalue weighted by atomic mass is 32.1. The van der Waals surface area contributed by atoms with Crippen molar-refractivity contribution in [2.45, 2.75) is 25.8 Å². The topological polar surface area (TPSA) is 78.3 Å². The molecule has 0 saturated carbocycles. The van der Waals surface area contributed by atoms with E-state index in [1.54, 1.807) is 23.1 Å². The Morgan fingerprint density at radius 3 is 3.09 bits per heavy atom. The minimum atomic E-state index is -0.191. The van der Waals surface area contributed by atoms with E-state index in [-0.39, 0.29) is 22.7 Å². The fourth-order valence-electron chi connectivity index (χ4n) is 2.67. The monoisotopic (exact) mass is 319 g/mol. The van der Waals surface area contributed by atoms with Gasteiger partial charge in [0, 0.05) is 31.1 Å². The van der Waals surface area contributed by atoms with Crippen molar-refractivity contribution in [3.8, 4) is 0 Å². The Morgan fingerprint density at radius 1 is 1.55 bits per heavy atom. The molecule has 7 heteroatoms. The number of aromatic amines is 1. The summed E-state index contributed by atoms with van der Waals surface area (Å²) in [6.45, 7) is 3.20. The van der Waals surface area contributed by atoms with E-state index < -0.39 is 0 Å². The molecule has 0 spiro atoms. The molecule has 116 valence electrons. The normalized spacial score (nSPS) is 16.2. The summed E-state index contributed by atoms with van der Waals surface area (Å²) in [6.07, 6.45) is 1.50. The molecule has 1 saturated heterocycles. The lowest BCUT2D eigenvalue weighted by Gasteiger charge is -2.21. The van der Waals surface area contributed by atoms with Crippen molar-refractivity contribution in [1.82, 2.24) is 15.2 Å². The summed E-state index contributed by atoms with van der Waals surface area (Å²) >= 11 is 4.92. The maximum atomic E-state index is 12.3. The maximum absolute atomic E-state index is 12.3. The Hall–Kier alpha value is -2.15. The number of oxazole rings is 1. The van der Waals surface area contributed by atoms with Gasteiger partial charge in [-0.1, -0.05) is 0 Å². The third-order valence-corrected chi connectivity index (χ3v) is 3.91. The summed E-state index contributed by atoms with van der Waals surface area (Å²) in [4.78, 5) is 28.8. The van der Waals surface area contributed by atoms with Crippen molar-refractivity contribution >= 4 is 35.1 Å². The van der Waals surface area contributed by atoms with Gasteiger partial charge in [0.1, 0.15) is 0 Å². The number of aromatic nitrogens is 1. The molecule has 2 N–H and O–H groups in total. The number of hydrogen-bond donors (Lipinski definition) is 2. The van der Waals surface area contributed by atoms with Crippen molar-refractivity contribution < 1.29 is 14.0 Å². The predicted octanol–water partition coefficient (Wildman–Crippen LogP) is 2.23. The van der Waals surface area contributed by atoms with E-state index in [1.165, 1.54) is 0 Å². The molecule has 1 aromatic heterocycles. The van der Waals surface area contributed by atoms with Crippen LogP contribution in [0, 0.1) is 4.84 Å². The van der Waals surface area contributed by atoms with Gasteiger partial charge in [0.2, 0.25) is 5.91 Å². The molecule has 2 heterocycles. The summed E-state index contributed by atoms with van der Waals surface area (Å²) in [5, 5.41) is 2.90. The number of H-pyrrole nitrogens is 1. The lowest BCUT2D eigenvalue weighted by molar-refractivity contribution is -0.127. The highest BCUT2D eigenvalue weighted by Gasteiger charge is 2.22. The highest BCUT2D eigenvalue weighted by molar-refractivity contribution is 7.71. The molecular weight excluding hydrogens is 302 g/mol. The molecule has 0 unspecified atom stereocenters. The van der Waals surface area contributed by atoms with Crippen molar-refractivity contribution in [2.24, 2.45) is 0 Å². The molecule has 1 fully saturated rings. The minimum absolute atomic E-state index is 0.108. The summed E-state index contributed by atoms with van der Waals surface area (Å²) in [7, 11) is 0. The van der Waals surface area contributed by atoms with Gasteiger partial charge in [-0.05, 0) is 43.8 Å². The molecule has 1 atom stereocenters. The molecule has 1 aromatic carbocycles. The Bertz CT molecular complexity index is 780. The second kappa shape index (κ2) is 5.92. The van der Waals surface area contributed by atoms with E-state index in [9.17, 15) is 9.59 Å². The second-order valence-corrected chi connectivity index (χ2v) is 5.91. The smallest absolute Gasteiger partial charge is 0.266 e. The van der Waals surface area contributed by atoms with Gasteiger partial charge in [-0.15, -0.1) is 0 Å². The molecule has 6 nitrogen and oxygen atoms in total. The molecule has 0 bridgehead atoms. The molecular formula is C15H17N3O3S. The molecule has 2 amide bonds. The number of fused-ring (bicyclic) bond motifs is 1. The lowest BCUT2D eigenvalue weighted by Crippen LogP contribution is -2.42. The van der Waals surface area contributed by atoms with E-state index >= 15 is 0 Å². The number of likely N-dealkylation sites (tertiary alicyclic amines) is 1. The molecule has 2 aromatic rings. The van der Waals surface area contributed by atoms with Crippen LogP contribution in [-0.2, 0) is 4.79 Å². The number of carbonyl (C=O) groups is 2. The molecule has 0 radical (unpaired) electrons. The first kappa shape index (κ1) is 14.8. The molecule has 1 aliphatic heterocycles. The number of nitrogens with one attached hydrogen (secondary N) is 2. The van der Waals surface area contributed by atoms with Crippen LogP contribution in [0.25, 0.3) is 11.1 Å².